The van der Waals surface area contributed by atoms with Gasteiger partial charge in [0, 0.05) is 5.56 Å². The highest BCUT2D eigenvalue weighted by Crippen LogP contribution is 2.32. The fourth-order valence-electron chi connectivity index (χ4n) is 2.81. The molecule has 1 aliphatic carbocycles. The molecule has 0 atom stereocenters. The highest BCUT2D eigenvalue weighted by atomic mass is 16.5. The van der Waals surface area contributed by atoms with Crippen molar-refractivity contribution < 1.29 is 23.9 Å². The van der Waals surface area contributed by atoms with Crippen LogP contribution in [0.15, 0.2) is 18.2 Å². The first-order valence-electron chi connectivity index (χ1n) is 7.84. The number of imide groups is 1. The van der Waals surface area contributed by atoms with Gasteiger partial charge < -0.3 is 9.47 Å². The Balaban J connectivity index is 1.70. The number of nitrogens with zero attached hydrogens (tertiary/aromatic N) is 1. The summed E-state index contributed by atoms with van der Waals surface area (Å²) >= 11 is 0. The quantitative estimate of drug-likeness (QED) is 0.790. The van der Waals surface area contributed by atoms with Crippen molar-refractivity contribution in [3.63, 3.8) is 0 Å². The zero-order valence-electron chi connectivity index (χ0n) is 13.3. The summed E-state index contributed by atoms with van der Waals surface area (Å²) < 4.78 is 11.2. The number of carbonyl (C=O) groups excluding carboxylic acids is 3. The number of methoxy groups -OCH3 is 1. The second kappa shape index (κ2) is 6.77. The van der Waals surface area contributed by atoms with Gasteiger partial charge in [-0.3, -0.25) is 20.3 Å². The lowest BCUT2D eigenvalue weighted by atomic mass is 10.2. The lowest BCUT2D eigenvalue weighted by molar-refractivity contribution is -0.118. The number of ether oxygens (including phenoxy) is 2. The zero-order valence-corrected chi connectivity index (χ0v) is 13.3. The van der Waals surface area contributed by atoms with Gasteiger partial charge in [0.2, 0.25) is 5.91 Å². The average Bonchev–Trinajstić information content (AvgIpc) is 3.17. The van der Waals surface area contributed by atoms with E-state index in [0.29, 0.717) is 17.1 Å². The van der Waals surface area contributed by atoms with E-state index in [2.05, 4.69) is 10.7 Å². The van der Waals surface area contributed by atoms with Crippen molar-refractivity contribution in [2.45, 2.75) is 31.8 Å². The Morgan fingerprint density at radius 1 is 1.25 bits per heavy atom. The number of benzene rings is 1. The summed E-state index contributed by atoms with van der Waals surface area (Å²) in [6.45, 7) is -0.204. The first kappa shape index (κ1) is 16.1. The number of hydrazine groups is 1. The molecule has 0 aromatic heterocycles. The normalized spacial score (nSPS) is 17.8. The molecule has 8 heteroatoms. The minimum atomic E-state index is -0.651. The highest BCUT2D eigenvalue weighted by Gasteiger charge is 2.28. The highest BCUT2D eigenvalue weighted by molar-refractivity contribution is 6.04. The average molecular weight is 333 g/mol. The van der Waals surface area contributed by atoms with Crippen molar-refractivity contribution in [1.82, 2.24) is 15.8 Å². The van der Waals surface area contributed by atoms with E-state index < -0.39 is 17.8 Å². The van der Waals surface area contributed by atoms with Crippen LogP contribution in [0, 0.1) is 0 Å². The number of amides is 4. The van der Waals surface area contributed by atoms with Crippen molar-refractivity contribution >= 4 is 17.8 Å². The van der Waals surface area contributed by atoms with Crippen LogP contribution in [0.2, 0.25) is 0 Å². The molecule has 0 unspecified atom stereocenters. The molecule has 1 heterocycles. The Morgan fingerprint density at radius 3 is 2.62 bits per heavy atom. The van der Waals surface area contributed by atoms with Crippen molar-refractivity contribution in [2.24, 2.45) is 0 Å². The number of carbonyl (C=O) groups is 3. The van der Waals surface area contributed by atoms with Crippen LogP contribution >= 0.6 is 0 Å². The van der Waals surface area contributed by atoms with Gasteiger partial charge >= 0.3 is 6.03 Å². The molecule has 1 aliphatic heterocycles. The molecule has 8 nitrogen and oxygen atoms in total. The van der Waals surface area contributed by atoms with Gasteiger partial charge in [-0.1, -0.05) is 0 Å². The van der Waals surface area contributed by atoms with Gasteiger partial charge in [0.25, 0.3) is 5.91 Å². The van der Waals surface area contributed by atoms with Crippen molar-refractivity contribution in [1.29, 1.82) is 0 Å². The van der Waals surface area contributed by atoms with Crippen LogP contribution in [0.1, 0.15) is 36.0 Å². The summed E-state index contributed by atoms with van der Waals surface area (Å²) in [4.78, 5) is 34.8. The lowest BCUT2D eigenvalue weighted by Gasteiger charge is -2.18. The maximum absolute atomic E-state index is 12.2. The van der Waals surface area contributed by atoms with Gasteiger partial charge in [0.15, 0.2) is 11.5 Å². The van der Waals surface area contributed by atoms with Gasteiger partial charge in [-0.05, 0) is 43.9 Å². The van der Waals surface area contributed by atoms with Crippen LogP contribution in [0.3, 0.4) is 0 Å². The van der Waals surface area contributed by atoms with Crippen LogP contribution in [0.25, 0.3) is 0 Å². The topological polar surface area (TPSA) is 97.0 Å². The van der Waals surface area contributed by atoms with Crippen LogP contribution in [0.5, 0.6) is 11.5 Å². The second-order valence-corrected chi connectivity index (χ2v) is 5.77. The fourth-order valence-corrected chi connectivity index (χ4v) is 2.81. The molecule has 2 fully saturated rings. The van der Waals surface area contributed by atoms with Gasteiger partial charge in [-0.15, -0.1) is 0 Å². The molecule has 2 aliphatic rings. The number of rotatable bonds is 5. The molecule has 24 heavy (non-hydrogen) atoms. The van der Waals surface area contributed by atoms with E-state index in [0.717, 1.165) is 30.7 Å². The number of nitrogens with one attached hydrogen (secondary N) is 2. The summed E-state index contributed by atoms with van der Waals surface area (Å²) in [5, 5.41) is 3.02. The predicted molar refractivity (Wildman–Crippen MR) is 83.6 cm³/mol. The lowest BCUT2D eigenvalue weighted by Crippen LogP contribution is -2.44. The maximum Gasteiger partial charge on any atom is 0.343 e. The molecular formula is C16H19N3O5. The third kappa shape index (κ3) is 3.42. The Bertz CT molecular complexity index is 670. The minimum absolute atomic E-state index is 0.179. The van der Waals surface area contributed by atoms with E-state index in [-0.39, 0.29) is 12.6 Å². The summed E-state index contributed by atoms with van der Waals surface area (Å²) in [5.74, 6) is 0.0790. The molecule has 1 saturated heterocycles. The molecule has 128 valence electrons. The predicted octanol–water partition coefficient (Wildman–Crippen LogP) is 1.21. The van der Waals surface area contributed by atoms with Gasteiger partial charge in [-0.2, -0.15) is 0 Å². The van der Waals surface area contributed by atoms with Crippen LogP contribution < -0.4 is 20.2 Å². The molecular weight excluding hydrogens is 314 g/mol. The number of hydrogen-bond acceptors (Lipinski definition) is 5. The number of urea groups is 1. The first-order valence-corrected chi connectivity index (χ1v) is 7.84. The molecule has 0 radical (unpaired) electrons. The summed E-state index contributed by atoms with van der Waals surface area (Å²) in [7, 11) is 1.51. The van der Waals surface area contributed by atoms with Crippen molar-refractivity contribution in [3.8, 4) is 11.5 Å². The smallest absolute Gasteiger partial charge is 0.343 e. The molecule has 1 saturated carbocycles. The van der Waals surface area contributed by atoms with Crippen molar-refractivity contribution in [3.05, 3.63) is 23.8 Å². The minimum Gasteiger partial charge on any atom is -0.493 e. The summed E-state index contributed by atoms with van der Waals surface area (Å²) in [5.41, 5.74) is 2.69. The van der Waals surface area contributed by atoms with Crippen LogP contribution in [0.4, 0.5) is 4.79 Å². The molecule has 3 rings (SSSR count). The van der Waals surface area contributed by atoms with Crippen LogP contribution in [-0.4, -0.2) is 42.6 Å². The van der Waals surface area contributed by atoms with Crippen molar-refractivity contribution in [2.75, 3.05) is 13.7 Å². The van der Waals surface area contributed by atoms with E-state index >= 15 is 0 Å². The zero-order chi connectivity index (χ0) is 17.1. The molecule has 0 spiro atoms. The standard InChI is InChI=1S/C16H19N3O5/c1-23-13-8-10(6-7-12(13)24-11-4-2-3-5-11)15(21)18-19-9-14(20)17-16(19)22/h6-8,11H,2-5,9H2,1H3,(H,18,21)(H,17,20,22). The van der Waals surface area contributed by atoms with E-state index in [1.54, 1.807) is 18.2 Å². The van der Waals surface area contributed by atoms with E-state index in [1.165, 1.54) is 7.11 Å². The van der Waals surface area contributed by atoms with E-state index in [9.17, 15) is 14.4 Å². The largest absolute Gasteiger partial charge is 0.493 e. The van der Waals surface area contributed by atoms with Crippen LogP contribution in [-0.2, 0) is 4.79 Å². The Morgan fingerprint density at radius 2 is 2.00 bits per heavy atom. The molecule has 1 aromatic carbocycles. The second-order valence-electron chi connectivity index (χ2n) is 5.77. The van der Waals surface area contributed by atoms with E-state index in [4.69, 9.17) is 9.47 Å². The monoisotopic (exact) mass is 333 g/mol. The summed E-state index contributed by atoms with van der Waals surface area (Å²) in [6.07, 6.45) is 4.53. The fraction of sp³-hybridized carbons (Fsp3) is 0.438. The molecule has 1 aromatic rings. The van der Waals surface area contributed by atoms with Gasteiger partial charge in [0.05, 0.1) is 13.2 Å². The third-order valence-corrected chi connectivity index (χ3v) is 4.05. The Labute approximate surface area is 139 Å². The first-order chi connectivity index (χ1) is 11.6. The van der Waals surface area contributed by atoms with Gasteiger partial charge in [0.1, 0.15) is 6.54 Å². The SMILES string of the molecule is COc1cc(C(=O)NN2CC(=O)NC2=O)ccc1OC1CCCC1. The number of hydrogen-bond donors (Lipinski definition) is 2. The third-order valence-electron chi connectivity index (χ3n) is 4.05. The molecule has 2 N–H and O–H groups in total. The maximum atomic E-state index is 12.2. The molecule has 0 bridgehead atoms. The Hall–Kier alpha value is -2.77. The Kier molecular flexibility index (Phi) is 4.54. The molecule has 4 amide bonds. The van der Waals surface area contributed by atoms with Gasteiger partial charge in [-0.25, -0.2) is 9.80 Å². The summed E-state index contributed by atoms with van der Waals surface area (Å²) in [6, 6.07) is 4.18. The van der Waals surface area contributed by atoms with E-state index in [1.807, 2.05) is 0 Å².